The summed E-state index contributed by atoms with van der Waals surface area (Å²) in [4.78, 5) is 17.0. The molecule has 2 N–H and O–H groups in total. The minimum absolute atomic E-state index is 0.439. The average molecular weight is 378 g/mol. The Morgan fingerprint density at radius 1 is 0.862 bits per heavy atom. The maximum atomic E-state index is 4.71. The third-order valence-corrected chi connectivity index (χ3v) is 4.66. The average Bonchev–Trinajstić information content (AvgIpc) is 3.16. The Kier molecular flexibility index (Phi) is 4.22. The number of para-hydroxylation sites is 2. The molecule has 0 aliphatic carbocycles. The highest BCUT2D eigenvalue weighted by Gasteiger charge is 2.10. The van der Waals surface area contributed by atoms with Crippen LogP contribution >= 0.6 is 0 Å². The zero-order valence-electron chi connectivity index (χ0n) is 15.8. The van der Waals surface area contributed by atoms with Crippen LogP contribution in [-0.2, 0) is 0 Å². The van der Waals surface area contributed by atoms with E-state index in [0.717, 1.165) is 38.8 Å². The molecule has 0 saturated heterocycles. The first-order valence-corrected chi connectivity index (χ1v) is 9.34. The lowest BCUT2D eigenvalue weighted by molar-refractivity contribution is 1.15. The van der Waals surface area contributed by atoms with Crippen LogP contribution in [-0.4, -0.2) is 26.2 Å². The molecule has 0 fully saturated rings. The van der Waals surface area contributed by atoms with Crippen molar-refractivity contribution in [2.24, 2.45) is 5.10 Å². The maximum absolute atomic E-state index is 4.71. The highest BCUT2D eigenvalue weighted by molar-refractivity contribution is 5.93. The van der Waals surface area contributed by atoms with Crippen molar-refractivity contribution in [1.29, 1.82) is 0 Å². The molecule has 0 atom stereocenters. The molecule has 6 heteroatoms. The number of aromatic nitrogens is 4. The molecule has 5 aromatic rings. The fourth-order valence-electron chi connectivity index (χ4n) is 3.29. The normalized spacial score (nSPS) is 11.5. The highest BCUT2D eigenvalue weighted by atomic mass is 15.3. The quantitative estimate of drug-likeness (QED) is 0.343. The lowest BCUT2D eigenvalue weighted by Crippen LogP contribution is -2.00. The van der Waals surface area contributed by atoms with Crippen molar-refractivity contribution in [2.75, 3.05) is 5.43 Å². The Balaban J connectivity index is 1.51. The molecule has 29 heavy (non-hydrogen) atoms. The Labute approximate surface area is 167 Å². The summed E-state index contributed by atoms with van der Waals surface area (Å²) in [6.07, 6.45) is 1.63. The van der Waals surface area contributed by atoms with Crippen LogP contribution in [0.15, 0.2) is 77.9 Å². The molecule has 0 bridgehead atoms. The van der Waals surface area contributed by atoms with Gasteiger partial charge >= 0.3 is 0 Å². The van der Waals surface area contributed by atoms with Crippen molar-refractivity contribution in [3.05, 3.63) is 84.2 Å². The van der Waals surface area contributed by atoms with Crippen molar-refractivity contribution < 1.29 is 0 Å². The van der Waals surface area contributed by atoms with E-state index in [-0.39, 0.29) is 0 Å². The van der Waals surface area contributed by atoms with Gasteiger partial charge in [-0.2, -0.15) is 5.10 Å². The third kappa shape index (κ3) is 3.43. The summed E-state index contributed by atoms with van der Waals surface area (Å²) < 4.78 is 0. The molecule has 5 rings (SSSR count). The van der Waals surface area contributed by atoms with Gasteiger partial charge in [-0.3, -0.25) is 0 Å². The van der Waals surface area contributed by atoms with Crippen LogP contribution in [0.4, 0.5) is 5.95 Å². The molecule has 0 aliphatic heterocycles. The first-order chi connectivity index (χ1) is 14.3. The van der Waals surface area contributed by atoms with E-state index in [9.17, 15) is 0 Å². The minimum Gasteiger partial charge on any atom is -0.337 e. The van der Waals surface area contributed by atoms with Gasteiger partial charge in [0.05, 0.1) is 28.5 Å². The van der Waals surface area contributed by atoms with E-state index in [0.29, 0.717) is 11.8 Å². The molecule has 0 amide bonds. The first kappa shape index (κ1) is 17.1. The van der Waals surface area contributed by atoms with Crippen LogP contribution < -0.4 is 5.43 Å². The molecule has 0 aliphatic rings. The van der Waals surface area contributed by atoms with Gasteiger partial charge in [0.2, 0.25) is 5.95 Å². The zero-order valence-corrected chi connectivity index (χ0v) is 15.8. The molecule has 2 heterocycles. The van der Waals surface area contributed by atoms with Gasteiger partial charge in [0.15, 0.2) is 5.82 Å². The van der Waals surface area contributed by atoms with Gasteiger partial charge in [-0.1, -0.05) is 54.6 Å². The second-order valence-electron chi connectivity index (χ2n) is 6.79. The molecular formula is C23H18N6. The predicted molar refractivity (Wildman–Crippen MR) is 117 cm³/mol. The van der Waals surface area contributed by atoms with Gasteiger partial charge in [0, 0.05) is 10.9 Å². The van der Waals surface area contributed by atoms with Crippen molar-refractivity contribution in [3.63, 3.8) is 0 Å². The van der Waals surface area contributed by atoms with Crippen molar-refractivity contribution in [2.45, 2.75) is 6.92 Å². The molecular weight excluding hydrogens is 360 g/mol. The van der Waals surface area contributed by atoms with Gasteiger partial charge in [-0.25, -0.2) is 20.4 Å². The molecule has 0 saturated carbocycles. The van der Waals surface area contributed by atoms with Gasteiger partial charge in [-0.05, 0) is 30.7 Å². The summed E-state index contributed by atoms with van der Waals surface area (Å²) >= 11 is 0. The number of imidazole rings is 1. The van der Waals surface area contributed by atoms with Crippen LogP contribution in [0.3, 0.4) is 0 Å². The summed E-state index contributed by atoms with van der Waals surface area (Å²) in [5, 5.41) is 5.29. The van der Waals surface area contributed by atoms with Crippen molar-refractivity contribution in [3.8, 4) is 11.3 Å². The second-order valence-corrected chi connectivity index (χ2v) is 6.79. The van der Waals surface area contributed by atoms with Gasteiger partial charge < -0.3 is 4.98 Å². The van der Waals surface area contributed by atoms with E-state index in [4.69, 9.17) is 4.98 Å². The fraction of sp³-hybridized carbons (Fsp3) is 0.0435. The van der Waals surface area contributed by atoms with E-state index >= 15 is 0 Å². The Morgan fingerprint density at radius 2 is 1.69 bits per heavy atom. The number of H-pyrrole nitrogens is 1. The Hall–Kier alpha value is -4.06. The maximum Gasteiger partial charge on any atom is 0.244 e. The van der Waals surface area contributed by atoms with Gasteiger partial charge in [-0.15, -0.1) is 0 Å². The number of benzene rings is 3. The number of anilines is 1. The molecule has 0 unspecified atom stereocenters. The number of hydrazone groups is 1. The number of nitrogens with zero attached hydrogens (tertiary/aromatic N) is 4. The Bertz CT molecular complexity index is 1300. The summed E-state index contributed by atoms with van der Waals surface area (Å²) in [5.74, 6) is 1.10. The summed E-state index contributed by atoms with van der Waals surface area (Å²) in [5.41, 5.74) is 8.75. The minimum atomic E-state index is 0.439. The van der Waals surface area contributed by atoms with Gasteiger partial charge in [0.25, 0.3) is 0 Å². The monoisotopic (exact) mass is 378 g/mol. The van der Waals surface area contributed by atoms with Crippen molar-refractivity contribution in [1.82, 2.24) is 19.9 Å². The van der Waals surface area contributed by atoms with Crippen LogP contribution in [0.1, 0.15) is 11.4 Å². The van der Waals surface area contributed by atoms with Gasteiger partial charge in [0.1, 0.15) is 0 Å². The standard InChI is InChI=1S/C23H18N6/c1-15-11-12-17-20(13-15)27-23(28-22(17)16-7-3-2-4-8-16)29-24-14-21-25-18-9-5-6-10-19(18)26-21/h2-14H,1H3,(H,25,26)(H,27,28,29)/b24-14+. The number of aryl methyl sites for hydroxylation is 1. The SMILES string of the molecule is Cc1ccc2c(-c3ccccc3)nc(N/N=C/c3nc4ccccc4[nH]3)nc2c1. The van der Waals surface area contributed by atoms with Crippen LogP contribution in [0.5, 0.6) is 0 Å². The van der Waals surface area contributed by atoms with Crippen molar-refractivity contribution >= 4 is 34.1 Å². The molecule has 140 valence electrons. The van der Waals surface area contributed by atoms with Crippen LogP contribution in [0, 0.1) is 6.92 Å². The molecule has 0 spiro atoms. The molecule has 2 aromatic heterocycles. The smallest absolute Gasteiger partial charge is 0.244 e. The lowest BCUT2D eigenvalue weighted by Gasteiger charge is -2.09. The number of fused-ring (bicyclic) bond motifs is 2. The largest absolute Gasteiger partial charge is 0.337 e. The number of hydrogen-bond donors (Lipinski definition) is 2. The van der Waals surface area contributed by atoms with E-state index < -0.39 is 0 Å². The van der Waals surface area contributed by atoms with E-state index in [1.165, 1.54) is 0 Å². The number of rotatable bonds is 4. The number of nitrogens with one attached hydrogen (secondary N) is 2. The van der Waals surface area contributed by atoms with Crippen LogP contribution in [0.25, 0.3) is 33.2 Å². The third-order valence-electron chi connectivity index (χ3n) is 4.66. The summed E-state index contributed by atoms with van der Waals surface area (Å²) in [6, 6.07) is 24.1. The van der Waals surface area contributed by atoms with E-state index in [1.54, 1.807) is 6.21 Å². The molecule has 0 radical (unpaired) electrons. The first-order valence-electron chi connectivity index (χ1n) is 9.34. The number of hydrogen-bond acceptors (Lipinski definition) is 5. The van der Waals surface area contributed by atoms with E-state index in [2.05, 4.69) is 50.6 Å². The molecule has 6 nitrogen and oxygen atoms in total. The summed E-state index contributed by atoms with van der Waals surface area (Å²) in [6.45, 7) is 2.05. The highest BCUT2D eigenvalue weighted by Crippen LogP contribution is 2.27. The van der Waals surface area contributed by atoms with E-state index in [1.807, 2.05) is 54.6 Å². The Morgan fingerprint density at radius 3 is 2.55 bits per heavy atom. The fourth-order valence-corrected chi connectivity index (χ4v) is 3.29. The second kappa shape index (κ2) is 7.16. The van der Waals surface area contributed by atoms with Crippen LogP contribution in [0.2, 0.25) is 0 Å². The number of aromatic amines is 1. The lowest BCUT2D eigenvalue weighted by atomic mass is 10.1. The zero-order chi connectivity index (χ0) is 19.6. The molecule has 3 aromatic carbocycles. The topological polar surface area (TPSA) is 78.9 Å². The summed E-state index contributed by atoms with van der Waals surface area (Å²) in [7, 11) is 0. The predicted octanol–water partition coefficient (Wildman–Crippen LogP) is 4.93.